The second-order valence-corrected chi connectivity index (χ2v) is 9.03. The zero-order valence-electron chi connectivity index (χ0n) is 20.4. The Bertz CT molecular complexity index is 1120. The molecule has 180 valence electrons. The fourth-order valence-electron chi connectivity index (χ4n) is 4.41. The lowest BCUT2D eigenvalue weighted by atomic mass is 9.99. The van der Waals surface area contributed by atoms with Crippen LogP contribution >= 0.6 is 0 Å². The molecule has 1 saturated heterocycles. The van der Waals surface area contributed by atoms with Crippen LogP contribution in [0, 0.1) is 5.92 Å². The number of hydrogen-bond acceptors (Lipinski definition) is 7. The van der Waals surface area contributed by atoms with Gasteiger partial charge in [0.15, 0.2) is 17.3 Å². The fourth-order valence-corrected chi connectivity index (χ4v) is 4.41. The van der Waals surface area contributed by atoms with Gasteiger partial charge in [-0.25, -0.2) is 15.0 Å². The normalized spacial score (nSPS) is 16.3. The third-order valence-corrected chi connectivity index (χ3v) is 6.37. The third kappa shape index (κ3) is 4.89. The van der Waals surface area contributed by atoms with Crippen molar-refractivity contribution >= 4 is 17.5 Å². The largest absolute Gasteiger partial charge is 0.382 e. The average Bonchev–Trinajstić information content (AvgIpc) is 3.34. The quantitative estimate of drug-likeness (QED) is 0.494. The molecule has 9 nitrogen and oxygen atoms in total. The first-order chi connectivity index (χ1) is 16.4. The monoisotopic (exact) mass is 462 g/mol. The van der Waals surface area contributed by atoms with Gasteiger partial charge in [0.1, 0.15) is 5.82 Å². The van der Waals surface area contributed by atoms with Gasteiger partial charge in [0.2, 0.25) is 5.91 Å². The number of benzene rings is 1. The highest BCUT2D eigenvalue weighted by atomic mass is 16.2. The fraction of sp³-hybridized carbons (Fsp3) is 0.440. The van der Waals surface area contributed by atoms with Crippen molar-refractivity contribution in [2.45, 2.75) is 39.8 Å². The summed E-state index contributed by atoms with van der Waals surface area (Å²) in [7, 11) is 1.93. The van der Waals surface area contributed by atoms with Crippen LogP contribution in [0.1, 0.15) is 32.8 Å². The van der Waals surface area contributed by atoms with E-state index in [1.165, 1.54) is 5.56 Å². The van der Waals surface area contributed by atoms with Crippen molar-refractivity contribution in [3.05, 3.63) is 42.2 Å². The maximum Gasteiger partial charge on any atom is 0.222 e. The molecule has 4 rings (SSSR count). The Labute approximate surface area is 200 Å². The summed E-state index contributed by atoms with van der Waals surface area (Å²) in [5.74, 6) is 2.19. The molecule has 1 amide bonds. The number of nitrogens with zero attached hydrogens (tertiary/aromatic N) is 5. The number of H-pyrrole nitrogens is 1. The van der Waals surface area contributed by atoms with E-state index in [9.17, 15) is 4.79 Å². The lowest BCUT2D eigenvalue weighted by Gasteiger charge is -2.43. The Balaban J connectivity index is 1.57. The molecule has 0 aliphatic carbocycles. The number of anilines is 2. The maximum atomic E-state index is 12.4. The van der Waals surface area contributed by atoms with E-state index in [1.807, 2.05) is 18.9 Å². The number of carbonyl (C=O) groups excluding carboxylic acids is 1. The molecule has 1 aliphatic rings. The minimum atomic E-state index is 0.130. The van der Waals surface area contributed by atoms with Crippen LogP contribution in [0.5, 0.6) is 0 Å². The van der Waals surface area contributed by atoms with Crippen molar-refractivity contribution in [1.29, 1.82) is 0 Å². The van der Waals surface area contributed by atoms with Gasteiger partial charge in [-0.1, -0.05) is 45.0 Å². The molecule has 4 N–H and O–H groups in total. The van der Waals surface area contributed by atoms with Crippen LogP contribution < -0.4 is 16.0 Å². The maximum absolute atomic E-state index is 12.4. The molecule has 0 bridgehead atoms. The van der Waals surface area contributed by atoms with Crippen molar-refractivity contribution in [1.82, 2.24) is 30.2 Å². The molecule has 34 heavy (non-hydrogen) atoms. The van der Waals surface area contributed by atoms with Crippen LogP contribution in [0.2, 0.25) is 0 Å². The van der Waals surface area contributed by atoms with Gasteiger partial charge in [-0.05, 0) is 24.1 Å². The van der Waals surface area contributed by atoms with Crippen molar-refractivity contribution in [2.75, 3.05) is 37.3 Å². The van der Waals surface area contributed by atoms with Gasteiger partial charge in [-0.15, -0.1) is 0 Å². The van der Waals surface area contributed by atoms with Gasteiger partial charge < -0.3 is 25.8 Å². The van der Waals surface area contributed by atoms with E-state index >= 15 is 0 Å². The molecule has 0 saturated carbocycles. The van der Waals surface area contributed by atoms with Crippen molar-refractivity contribution in [2.24, 2.45) is 5.92 Å². The predicted molar refractivity (Wildman–Crippen MR) is 135 cm³/mol. The SMILES string of the molecule is CCC(=O)N1CCN(c2cnc(N)c(-c3ncc(-c4ccc(CNC)cc4)[nH]3)n2)C[C@@H]1C(C)C. The molecule has 0 radical (unpaired) electrons. The molecule has 1 aliphatic heterocycles. The Morgan fingerprint density at radius 3 is 2.65 bits per heavy atom. The number of amides is 1. The molecule has 2 aromatic heterocycles. The number of imidazole rings is 1. The number of nitrogens with one attached hydrogen (secondary N) is 2. The van der Waals surface area contributed by atoms with Gasteiger partial charge in [-0.2, -0.15) is 0 Å². The van der Waals surface area contributed by atoms with Crippen LogP contribution in [0.3, 0.4) is 0 Å². The zero-order chi connectivity index (χ0) is 24.2. The number of rotatable bonds is 7. The summed E-state index contributed by atoms with van der Waals surface area (Å²) in [6.07, 6.45) is 4.02. The first-order valence-corrected chi connectivity index (χ1v) is 11.9. The van der Waals surface area contributed by atoms with E-state index in [1.54, 1.807) is 12.4 Å². The molecule has 9 heteroatoms. The van der Waals surface area contributed by atoms with Crippen LogP contribution in [0.25, 0.3) is 22.8 Å². The molecule has 0 spiro atoms. The second-order valence-electron chi connectivity index (χ2n) is 9.03. The van der Waals surface area contributed by atoms with Crippen molar-refractivity contribution in [3.8, 4) is 22.8 Å². The first kappa shape index (κ1) is 23.7. The Hall–Kier alpha value is -3.46. The number of hydrogen-bond donors (Lipinski definition) is 3. The number of carbonyl (C=O) groups is 1. The third-order valence-electron chi connectivity index (χ3n) is 6.37. The van der Waals surface area contributed by atoms with Gasteiger partial charge in [0, 0.05) is 32.6 Å². The van der Waals surface area contributed by atoms with Crippen LogP contribution in [-0.2, 0) is 11.3 Å². The van der Waals surface area contributed by atoms with Crippen LogP contribution in [0.15, 0.2) is 36.7 Å². The summed E-state index contributed by atoms with van der Waals surface area (Å²) in [5.41, 5.74) is 9.88. The molecule has 1 fully saturated rings. The number of piperazine rings is 1. The lowest BCUT2D eigenvalue weighted by molar-refractivity contribution is -0.134. The number of nitrogen functional groups attached to an aromatic ring is 1. The Kier molecular flexibility index (Phi) is 7.12. The molecule has 1 atom stereocenters. The highest BCUT2D eigenvalue weighted by Crippen LogP contribution is 2.28. The van der Waals surface area contributed by atoms with Gasteiger partial charge in [0.05, 0.1) is 24.1 Å². The summed E-state index contributed by atoms with van der Waals surface area (Å²) < 4.78 is 0. The predicted octanol–water partition coefficient (Wildman–Crippen LogP) is 2.92. The van der Waals surface area contributed by atoms with Crippen molar-refractivity contribution in [3.63, 3.8) is 0 Å². The Morgan fingerprint density at radius 1 is 1.21 bits per heavy atom. The summed E-state index contributed by atoms with van der Waals surface area (Å²) in [5, 5.41) is 3.15. The van der Waals surface area contributed by atoms with Gasteiger partial charge in [-0.3, -0.25) is 4.79 Å². The zero-order valence-corrected chi connectivity index (χ0v) is 20.4. The van der Waals surface area contributed by atoms with E-state index < -0.39 is 0 Å². The summed E-state index contributed by atoms with van der Waals surface area (Å²) in [6.45, 7) is 9.13. The average molecular weight is 463 g/mol. The molecule has 3 aromatic rings. The smallest absolute Gasteiger partial charge is 0.222 e. The van der Waals surface area contributed by atoms with E-state index in [2.05, 4.69) is 63.3 Å². The van der Waals surface area contributed by atoms with Crippen molar-refractivity contribution < 1.29 is 4.79 Å². The number of aromatic amines is 1. The van der Waals surface area contributed by atoms with Crippen LogP contribution in [0.4, 0.5) is 11.6 Å². The molecular formula is C25H34N8O. The summed E-state index contributed by atoms with van der Waals surface area (Å²) in [6, 6.07) is 8.45. The molecule has 0 unspecified atom stereocenters. The molecule has 1 aromatic carbocycles. The lowest BCUT2D eigenvalue weighted by Crippen LogP contribution is -2.57. The van der Waals surface area contributed by atoms with E-state index in [-0.39, 0.29) is 11.9 Å². The van der Waals surface area contributed by atoms with Gasteiger partial charge in [0.25, 0.3) is 0 Å². The standard InChI is InChI=1S/C25H34N8O/c1-5-22(34)33-11-10-32(15-20(33)16(2)3)21-14-28-24(26)23(31-21)25-29-13-19(30-25)18-8-6-17(7-9-18)12-27-4/h6-9,13-14,16,20,27H,5,10-12,15H2,1-4H3,(H2,26,28)(H,29,30)/t20-/m1/s1. The van der Waals surface area contributed by atoms with Crippen LogP contribution in [-0.4, -0.2) is 63.5 Å². The minimum absolute atomic E-state index is 0.130. The summed E-state index contributed by atoms with van der Waals surface area (Å²) >= 11 is 0. The first-order valence-electron chi connectivity index (χ1n) is 11.9. The minimum Gasteiger partial charge on any atom is -0.382 e. The van der Waals surface area contributed by atoms with E-state index in [0.29, 0.717) is 49.3 Å². The highest BCUT2D eigenvalue weighted by molar-refractivity contribution is 5.76. The van der Waals surface area contributed by atoms with E-state index in [4.69, 9.17) is 10.7 Å². The summed E-state index contributed by atoms with van der Waals surface area (Å²) in [4.78, 5) is 33.7. The van der Waals surface area contributed by atoms with Gasteiger partial charge >= 0.3 is 0 Å². The van der Waals surface area contributed by atoms with E-state index in [0.717, 1.165) is 23.6 Å². The highest BCUT2D eigenvalue weighted by Gasteiger charge is 2.32. The molecular weight excluding hydrogens is 428 g/mol. The number of aromatic nitrogens is 4. The second kappa shape index (κ2) is 10.2. The topological polar surface area (TPSA) is 116 Å². The molecule has 3 heterocycles. The Morgan fingerprint density at radius 2 is 1.97 bits per heavy atom. The number of nitrogens with two attached hydrogens (primary N) is 1.